The summed E-state index contributed by atoms with van der Waals surface area (Å²) in [6.07, 6.45) is -0.501. The highest BCUT2D eigenvalue weighted by atomic mass is 35.5. The number of hydrogen-bond acceptors (Lipinski definition) is 5. The van der Waals surface area contributed by atoms with E-state index >= 15 is 0 Å². The summed E-state index contributed by atoms with van der Waals surface area (Å²) in [6.45, 7) is 5.51. The first-order chi connectivity index (χ1) is 13.0. The molecular weight excluding hydrogens is 387 g/mol. The van der Waals surface area contributed by atoms with Crippen molar-refractivity contribution in [3.05, 3.63) is 52.6 Å². The summed E-state index contributed by atoms with van der Waals surface area (Å²) in [5, 5.41) is 0.416. The number of aromatic nitrogens is 1. The van der Waals surface area contributed by atoms with Crippen molar-refractivity contribution < 1.29 is 23.5 Å². The van der Waals surface area contributed by atoms with E-state index in [1.165, 1.54) is 18.1 Å². The van der Waals surface area contributed by atoms with Crippen LogP contribution in [-0.4, -0.2) is 41.7 Å². The minimum absolute atomic E-state index is 0.175. The minimum Gasteiger partial charge on any atom is -0.464 e. The average Bonchev–Trinajstić information content (AvgIpc) is 2.61. The number of benzene rings is 1. The van der Waals surface area contributed by atoms with Crippen LogP contribution in [0, 0.1) is 5.95 Å². The fraction of sp³-hybridized carbons (Fsp3) is 0.350. The standard InChI is InChI=1S/C20H22ClFN2O4/c1-20(2,3)28-19(26)24(4)11-12-6-7-13(21)10-15(12)14-8-9-16(22)23-17(14)18(25)27-5/h6-10H,11H2,1-5H3. The number of hydrogen-bond donors (Lipinski definition) is 0. The molecule has 0 radical (unpaired) electrons. The minimum atomic E-state index is -0.807. The van der Waals surface area contributed by atoms with Crippen molar-refractivity contribution in [2.24, 2.45) is 0 Å². The van der Waals surface area contributed by atoms with Crippen molar-refractivity contribution in [1.82, 2.24) is 9.88 Å². The molecule has 0 aliphatic heterocycles. The van der Waals surface area contributed by atoms with Crippen LogP contribution in [0.15, 0.2) is 30.3 Å². The van der Waals surface area contributed by atoms with Gasteiger partial charge in [-0.15, -0.1) is 0 Å². The predicted molar refractivity (Wildman–Crippen MR) is 104 cm³/mol. The number of ether oxygens (including phenoxy) is 2. The summed E-state index contributed by atoms with van der Waals surface area (Å²) in [7, 11) is 2.78. The third-order valence-electron chi connectivity index (χ3n) is 3.71. The molecule has 2 rings (SSSR count). The molecule has 0 spiro atoms. The number of carbonyl (C=O) groups excluding carboxylic acids is 2. The van der Waals surface area contributed by atoms with Gasteiger partial charge < -0.3 is 14.4 Å². The highest BCUT2D eigenvalue weighted by Crippen LogP contribution is 2.31. The van der Waals surface area contributed by atoms with E-state index in [1.54, 1.807) is 46.0 Å². The van der Waals surface area contributed by atoms with Gasteiger partial charge in [0, 0.05) is 24.2 Å². The summed E-state index contributed by atoms with van der Waals surface area (Å²) in [6, 6.07) is 7.59. The molecule has 1 amide bonds. The van der Waals surface area contributed by atoms with Crippen molar-refractivity contribution in [2.45, 2.75) is 32.9 Å². The van der Waals surface area contributed by atoms with Gasteiger partial charge in [-0.1, -0.05) is 17.7 Å². The number of esters is 1. The molecule has 0 atom stereocenters. The molecule has 0 unspecified atom stereocenters. The van der Waals surface area contributed by atoms with Gasteiger partial charge in [0.2, 0.25) is 5.95 Å². The number of pyridine rings is 1. The molecule has 0 aliphatic rings. The molecule has 6 nitrogen and oxygen atoms in total. The highest BCUT2D eigenvalue weighted by Gasteiger charge is 2.23. The maximum Gasteiger partial charge on any atom is 0.410 e. The summed E-state index contributed by atoms with van der Waals surface area (Å²) in [5.41, 5.74) is 0.758. The molecule has 1 heterocycles. The number of carbonyl (C=O) groups is 2. The largest absolute Gasteiger partial charge is 0.464 e. The summed E-state index contributed by atoms with van der Waals surface area (Å²) in [4.78, 5) is 29.4. The summed E-state index contributed by atoms with van der Waals surface area (Å²) < 4.78 is 23.7. The van der Waals surface area contributed by atoms with E-state index in [2.05, 4.69) is 4.98 Å². The monoisotopic (exact) mass is 408 g/mol. The van der Waals surface area contributed by atoms with Gasteiger partial charge in [-0.05, 0) is 56.2 Å². The van der Waals surface area contributed by atoms with E-state index in [4.69, 9.17) is 21.1 Å². The Balaban J connectivity index is 2.47. The average molecular weight is 409 g/mol. The third kappa shape index (κ3) is 5.42. The van der Waals surface area contributed by atoms with E-state index in [-0.39, 0.29) is 12.2 Å². The zero-order chi connectivity index (χ0) is 21.1. The Hall–Kier alpha value is -2.67. The van der Waals surface area contributed by atoms with Crippen molar-refractivity contribution in [3.8, 4) is 11.1 Å². The number of amides is 1. The van der Waals surface area contributed by atoms with E-state index in [0.717, 1.165) is 6.07 Å². The first-order valence-electron chi connectivity index (χ1n) is 8.49. The summed E-state index contributed by atoms with van der Waals surface area (Å²) in [5.74, 6) is -1.58. The normalized spacial score (nSPS) is 11.1. The molecule has 2 aromatic rings. The lowest BCUT2D eigenvalue weighted by atomic mass is 9.98. The second kappa shape index (κ2) is 8.56. The predicted octanol–water partition coefficient (Wildman–Crippen LogP) is 4.69. The SMILES string of the molecule is COC(=O)c1nc(F)ccc1-c1cc(Cl)ccc1CN(C)C(=O)OC(C)(C)C. The van der Waals surface area contributed by atoms with Crippen LogP contribution >= 0.6 is 11.6 Å². The molecule has 150 valence electrons. The molecule has 28 heavy (non-hydrogen) atoms. The van der Waals surface area contributed by atoms with Crippen molar-refractivity contribution >= 4 is 23.7 Å². The zero-order valence-corrected chi connectivity index (χ0v) is 17.1. The van der Waals surface area contributed by atoms with Crippen LogP contribution < -0.4 is 0 Å². The van der Waals surface area contributed by atoms with E-state index < -0.39 is 23.6 Å². The third-order valence-corrected chi connectivity index (χ3v) is 3.95. The number of halogens is 2. The van der Waals surface area contributed by atoms with Crippen LogP contribution in [0.5, 0.6) is 0 Å². The fourth-order valence-corrected chi connectivity index (χ4v) is 2.67. The smallest absolute Gasteiger partial charge is 0.410 e. The lowest BCUT2D eigenvalue weighted by molar-refractivity contribution is 0.0285. The van der Waals surface area contributed by atoms with Crippen LogP contribution in [0.1, 0.15) is 36.8 Å². The highest BCUT2D eigenvalue weighted by molar-refractivity contribution is 6.31. The molecule has 0 bridgehead atoms. The van der Waals surface area contributed by atoms with Crippen LogP contribution in [0.3, 0.4) is 0 Å². The first kappa shape index (κ1) is 21.6. The van der Waals surface area contributed by atoms with Gasteiger partial charge in [-0.3, -0.25) is 0 Å². The Kier molecular flexibility index (Phi) is 6.61. The van der Waals surface area contributed by atoms with E-state index in [0.29, 0.717) is 21.7 Å². The van der Waals surface area contributed by atoms with Gasteiger partial charge in [0.15, 0.2) is 5.69 Å². The maximum atomic E-state index is 13.6. The van der Waals surface area contributed by atoms with Gasteiger partial charge in [0.1, 0.15) is 5.60 Å². The van der Waals surface area contributed by atoms with Crippen LogP contribution in [-0.2, 0) is 16.0 Å². The number of nitrogens with zero attached hydrogens (tertiary/aromatic N) is 2. The van der Waals surface area contributed by atoms with Gasteiger partial charge >= 0.3 is 12.1 Å². The van der Waals surface area contributed by atoms with Crippen molar-refractivity contribution in [2.75, 3.05) is 14.2 Å². The molecule has 0 saturated carbocycles. The second-order valence-electron chi connectivity index (χ2n) is 7.16. The molecule has 8 heteroatoms. The van der Waals surface area contributed by atoms with Crippen LogP contribution in [0.2, 0.25) is 5.02 Å². The lowest BCUT2D eigenvalue weighted by Crippen LogP contribution is -2.33. The Labute approximate surface area is 168 Å². The van der Waals surface area contributed by atoms with Crippen molar-refractivity contribution in [3.63, 3.8) is 0 Å². The molecule has 1 aromatic carbocycles. The van der Waals surface area contributed by atoms with Crippen LogP contribution in [0.25, 0.3) is 11.1 Å². The number of methoxy groups -OCH3 is 1. The topological polar surface area (TPSA) is 68.7 Å². The molecule has 0 aliphatic carbocycles. The molecule has 0 saturated heterocycles. The quantitative estimate of drug-likeness (QED) is 0.542. The van der Waals surface area contributed by atoms with Crippen molar-refractivity contribution in [1.29, 1.82) is 0 Å². The Morgan fingerprint density at radius 3 is 2.46 bits per heavy atom. The fourth-order valence-electron chi connectivity index (χ4n) is 2.50. The number of rotatable bonds is 4. The first-order valence-corrected chi connectivity index (χ1v) is 8.87. The lowest BCUT2D eigenvalue weighted by Gasteiger charge is -2.25. The van der Waals surface area contributed by atoms with Gasteiger partial charge in [0.05, 0.1) is 7.11 Å². The molecule has 0 N–H and O–H groups in total. The van der Waals surface area contributed by atoms with E-state index in [9.17, 15) is 14.0 Å². The van der Waals surface area contributed by atoms with Gasteiger partial charge in [-0.2, -0.15) is 4.39 Å². The van der Waals surface area contributed by atoms with Gasteiger partial charge in [0.25, 0.3) is 0 Å². The Morgan fingerprint density at radius 2 is 1.86 bits per heavy atom. The second-order valence-corrected chi connectivity index (χ2v) is 7.60. The Bertz CT molecular complexity index is 896. The molecule has 1 aromatic heterocycles. The maximum absolute atomic E-state index is 13.6. The summed E-state index contributed by atoms with van der Waals surface area (Å²) >= 11 is 6.13. The molecular formula is C20H22ClFN2O4. The van der Waals surface area contributed by atoms with E-state index in [1.807, 2.05) is 0 Å². The Morgan fingerprint density at radius 1 is 1.18 bits per heavy atom. The molecule has 0 fully saturated rings. The van der Waals surface area contributed by atoms with Gasteiger partial charge in [-0.25, -0.2) is 14.6 Å². The zero-order valence-electron chi connectivity index (χ0n) is 16.4. The van der Waals surface area contributed by atoms with Crippen LogP contribution in [0.4, 0.5) is 9.18 Å².